The van der Waals surface area contributed by atoms with Gasteiger partial charge in [-0.2, -0.15) is 0 Å². The van der Waals surface area contributed by atoms with Crippen LogP contribution in [-0.2, 0) is 9.59 Å². The number of likely N-dealkylation sites (N-methyl/N-ethyl adjacent to an activating group) is 1. The van der Waals surface area contributed by atoms with E-state index in [9.17, 15) is 9.59 Å². The molecule has 0 bridgehead atoms. The SMILES string of the molecule is CC(C)C(=O)NCC(CC(C)C(=O)NCCO)N(C)C. The molecule has 0 fully saturated rings. The van der Waals surface area contributed by atoms with E-state index in [-0.39, 0.29) is 42.8 Å². The molecule has 0 radical (unpaired) electrons. The minimum atomic E-state index is -0.162. The van der Waals surface area contributed by atoms with E-state index in [1.807, 2.05) is 39.8 Å². The normalized spacial score (nSPS) is 14.2. The summed E-state index contributed by atoms with van der Waals surface area (Å²) in [5.74, 6) is -0.247. The molecular formula is C14H29N3O3. The molecule has 0 aliphatic rings. The van der Waals surface area contributed by atoms with E-state index in [0.29, 0.717) is 13.0 Å². The van der Waals surface area contributed by atoms with Crippen molar-refractivity contribution in [2.75, 3.05) is 33.8 Å². The van der Waals surface area contributed by atoms with Crippen LogP contribution in [0.25, 0.3) is 0 Å². The van der Waals surface area contributed by atoms with Gasteiger partial charge in [0.05, 0.1) is 6.61 Å². The van der Waals surface area contributed by atoms with E-state index in [4.69, 9.17) is 5.11 Å². The Hall–Kier alpha value is -1.14. The first-order chi connectivity index (χ1) is 9.29. The van der Waals surface area contributed by atoms with E-state index in [1.165, 1.54) is 0 Å². The minimum absolute atomic E-state index is 0.0224. The maximum absolute atomic E-state index is 11.8. The van der Waals surface area contributed by atoms with Crippen LogP contribution in [0.15, 0.2) is 0 Å². The molecule has 3 N–H and O–H groups in total. The third-order valence-corrected chi connectivity index (χ3v) is 3.25. The zero-order valence-corrected chi connectivity index (χ0v) is 13.3. The number of carbonyl (C=O) groups excluding carboxylic acids is 2. The quantitative estimate of drug-likeness (QED) is 0.550. The van der Waals surface area contributed by atoms with Crippen LogP contribution in [0, 0.1) is 11.8 Å². The molecule has 0 saturated carbocycles. The third-order valence-electron chi connectivity index (χ3n) is 3.25. The van der Waals surface area contributed by atoms with Gasteiger partial charge in [-0.15, -0.1) is 0 Å². The summed E-state index contributed by atoms with van der Waals surface area (Å²) in [7, 11) is 3.87. The van der Waals surface area contributed by atoms with Crippen molar-refractivity contribution in [3.8, 4) is 0 Å². The second-order valence-electron chi connectivity index (χ2n) is 5.67. The number of carbonyl (C=O) groups is 2. The summed E-state index contributed by atoms with van der Waals surface area (Å²) in [6.07, 6.45) is 0.655. The number of hydrogen-bond donors (Lipinski definition) is 3. The summed E-state index contributed by atoms with van der Waals surface area (Å²) in [6.45, 7) is 6.31. The molecule has 0 aromatic heterocycles. The molecule has 0 aromatic rings. The fourth-order valence-corrected chi connectivity index (χ4v) is 1.77. The van der Waals surface area contributed by atoms with E-state index < -0.39 is 0 Å². The Morgan fingerprint density at radius 3 is 2.15 bits per heavy atom. The maximum Gasteiger partial charge on any atom is 0.222 e. The highest BCUT2D eigenvalue weighted by molar-refractivity contribution is 5.78. The van der Waals surface area contributed by atoms with Crippen LogP contribution in [-0.4, -0.2) is 61.7 Å². The van der Waals surface area contributed by atoms with Gasteiger partial charge in [0.25, 0.3) is 0 Å². The van der Waals surface area contributed by atoms with E-state index >= 15 is 0 Å². The highest BCUT2D eigenvalue weighted by Gasteiger charge is 2.21. The Labute approximate surface area is 121 Å². The van der Waals surface area contributed by atoms with Crippen molar-refractivity contribution in [1.82, 2.24) is 15.5 Å². The molecule has 6 nitrogen and oxygen atoms in total. The summed E-state index contributed by atoms with van der Waals surface area (Å²) < 4.78 is 0. The van der Waals surface area contributed by atoms with Crippen molar-refractivity contribution < 1.29 is 14.7 Å². The van der Waals surface area contributed by atoms with Gasteiger partial charge in [-0.3, -0.25) is 9.59 Å². The Balaban J connectivity index is 4.32. The number of amides is 2. The van der Waals surface area contributed by atoms with Gasteiger partial charge < -0.3 is 20.6 Å². The van der Waals surface area contributed by atoms with Crippen LogP contribution in [0.4, 0.5) is 0 Å². The van der Waals surface area contributed by atoms with Gasteiger partial charge in [0.2, 0.25) is 11.8 Å². The molecule has 0 heterocycles. The monoisotopic (exact) mass is 287 g/mol. The first-order valence-electron chi connectivity index (χ1n) is 7.12. The van der Waals surface area contributed by atoms with Gasteiger partial charge in [-0.05, 0) is 20.5 Å². The highest BCUT2D eigenvalue weighted by Crippen LogP contribution is 2.10. The molecule has 0 aliphatic heterocycles. The molecule has 6 heteroatoms. The van der Waals surface area contributed by atoms with Crippen molar-refractivity contribution in [3.63, 3.8) is 0 Å². The van der Waals surface area contributed by atoms with Crippen LogP contribution in [0.2, 0.25) is 0 Å². The molecule has 0 aromatic carbocycles. The average Bonchev–Trinajstić information content (AvgIpc) is 2.39. The summed E-state index contributed by atoms with van der Waals surface area (Å²) >= 11 is 0. The summed E-state index contributed by atoms with van der Waals surface area (Å²) in [5.41, 5.74) is 0. The van der Waals surface area contributed by atoms with E-state index in [0.717, 1.165) is 0 Å². The summed E-state index contributed by atoms with van der Waals surface area (Å²) in [6, 6.07) is 0.104. The van der Waals surface area contributed by atoms with Crippen molar-refractivity contribution >= 4 is 11.8 Å². The van der Waals surface area contributed by atoms with E-state index in [2.05, 4.69) is 10.6 Å². The lowest BCUT2D eigenvalue weighted by molar-refractivity contribution is -0.125. The zero-order valence-electron chi connectivity index (χ0n) is 13.3. The number of nitrogens with zero attached hydrogens (tertiary/aromatic N) is 1. The number of hydrogen-bond acceptors (Lipinski definition) is 4. The molecule has 0 saturated heterocycles. The fourth-order valence-electron chi connectivity index (χ4n) is 1.77. The van der Waals surface area contributed by atoms with Crippen LogP contribution in [0.3, 0.4) is 0 Å². The largest absolute Gasteiger partial charge is 0.395 e. The number of aliphatic hydroxyl groups excluding tert-OH is 1. The predicted octanol–water partition coefficient (Wildman–Crippen LogP) is -0.176. The van der Waals surface area contributed by atoms with Crippen molar-refractivity contribution in [1.29, 1.82) is 0 Å². The van der Waals surface area contributed by atoms with Crippen molar-refractivity contribution in [2.24, 2.45) is 11.8 Å². The Morgan fingerprint density at radius 2 is 1.70 bits per heavy atom. The smallest absolute Gasteiger partial charge is 0.222 e. The number of aliphatic hydroxyl groups is 1. The lowest BCUT2D eigenvalue weighted by Gasteiger charge is -2.27. The Bertz CT molecular complexity index is 306. The average molecular weight is 287 g/mol. The van der Waals surface area contributed by atoms with Gasteiger partial charge in [0.1, 0.15) is 0 Å². The molecule has 0 rings (SSSR count). The molecule has 2 atom stereocenters. The number of rotatable bonds is 9. The Morgan fingerprint density at radius 1 is 1.10 bits per heavy atom. The second-order valence-corrected chi connectivity index (χ2v) is 5.67. The third kappa shape index (κ3) is 7.45. The maximum atomic E-state index is 11.8. The molecule has 118 valence electrons. The minimum Gasteiger partial charge on any atom is -0.395 e. The Kier molecular flexibility index (Phi) is 9.16. The topological polar surface area (TPSA) is 81.7 Å². The zero-order chi connectivity index (χ0) is 15.7. The lowest BCUT2D eigenvalue weighted by atomic mass is 10.00. The van der Waals surface area contributed by atoms with Crippen LogP contribution in [0.1, 0.15) is 27.2 Å². The van der Waals surface area contributed by atoms with Crippen molar-refractivity contribution in [2.45, 2.75) is 33.2 Å². The van der Waals surface area contributed by atoms with Gasteiger partial charge in [0.15, 0.2) is 0 Å². The molecule has 2 amide bonds. The predicted molar refractivity (Wildman–Crippen MR) is 79.2 cm³/mol. The second kappa shape index (κ2) is 9.72. The van der Waals surface area contributed by atoms with Gasteiger partial charge in [-0.25, -0.2) is 0 Å². The summed E-state index contributed by atoms with van der Waals surface area (Å²) in [5, 5.41) is 14.3. The molecule has 2 unspecified atom stereocenters. The molecule has 0 aliphatic carbocycles. The first kappa shape index (κ1) is 18.9. The highest BCUT2D eigenvalue weighted by atomic mass is 16.3. The molecule has 20 heavy (non-hydrogen) atoms. The van der Waals surface area contributed by atoms with Crippen LogP contribution in [0.5, 0.6) is 0 Å². The van der Waals surface area contributed by atoms with Gasteiger partial charge in [0, 0.05) is 31.0 Å². The van der Waals surface area contributed by atoms with E-state index in [1.54, 1.807) is 0 Å². The number of nitrogens with one attached hydrogen (secondary N) is 2. The summed E-state index contributed by atoms with van der Waals surface area (Å²) in [4.78, 5) is 25.4. The fraction of sp³-hybridized carbons (Fsp3) is 0.857. The first-order valence-corrected chi connectivity index (χ1v) is 7.12. The van der Waals surface area contributed by atoms with Crippen molar-refractivity contribution in [3.05, 3.63) is 0 Å². The van der Waals surface area contributed by atoms with Gasteiger partial charge >= 0.3 is 0 Å². The van der Waals surface area contributed by atoms with Gasteiger partial charge in [-0.1, -0.05) is 20.8 Å². The standard InChI is InChI=1S/C14H29N3O3/c1-10(2)13(19)16-9-12(17(4)5)8-11(3)14(20)15-6-7-18/h10-12,18H,6-9H2,1-5H3,(H,15,20)(H,16,19). The molecule has 0 spiro atoms. The molecular weight excluding hydrogens is 258 g/mol. The van der Waals surface area contributed by atoms with Crippen LogP contribution < -0.4 is 10.6 Å². The lowest BCUT2D eigenvalue weighted by Crippen LogP contribution is -2.44. The van der Waals surface area contributed by atoms with Crippen LogP contribution >= 0.6 is 0 Å².